The molecule has 0 spiro atoms. The molecule has 168 valence electrons. The smallest absolute Gasteiger partial charge is 0.0164 e. The van der Waals surface area contributed by atoms with Crippen molar-refractivity contribution in [1.29, 1.82) is 0 Å². The summed E-state index contributed by atoms with van der Waals surface area (Å²) in [4.78, 5) is 0. The van der Waals surface area contributed by atoms with E-state index in [4.69, 9.17) is 0 Å². The van der Waals surface area contributed by atoms with Gasteiger partial charge in [-0.25, -0.2) is 0 Å². The van der Waals surface area contributed by atoms with Crippen LogP contribution in [0.2, 0.25) is 0 Å². The Bertz CT molecular complexity index is 523. The first-order valence-electron chi connectivity index (χ1n) is 12.8. The minimum Gasteiger partial charge on any atom is -0.0651 e. The molecule has 0 aromatic heterocycles. The first kappa shape index (κ1) is 26.3. The Morgan fingerprint density at radius 1 is 0.655 bits per heavy atom. The van der Waals surface area contributed by atoms with Crippen LogP contribution in [0.15, 0.2) is 24.3 Å². The van der Waals surface area contributed by atoms with E-state index in [1.165, 1.54) is 50.5 Å². The van der Waals surface area contributed by atoms with Crippen LogP contribution >= 0.6 is 0 Å². The van der Waals surface area contributed by atoms with E-state index < -0.39 is 0 Å². The maximum atomic E-state index is 2.48. The Kier molecular flexibility index (Phi) is 12.2. The lowest BCUT2D eigenvalue weighted by molar-refractivity contribution is 0.234. The van der Waals surface area contributed by atoms with Gasteiger partial charge in [-0.15, -0.1) is 0 Å². The molecule has 0 aliphatic carbocycles. The third kappa shape index (κ3) is 9.27. The van der Waals surface area contributed by atoms with Crippen LogP contribution in [0.1, 0.15) is 130 Å². The molecule has 0 saturated carbocycles. The summed E-state index contributed by atoms with van der Waals surface area (Å²) in [6.07, 6.45) is 9.36. The highest BCUT2D eigenvalue weighted by molar-refractivity contribution is 5.27. The van der Waals surface area contributed by atoms with E-state index in [1.54, 1.807) is 5.56 Å². The van der Waals surface area contributed by atoms with Crippen molar-refractivity contribution in [2.45, 2.75) is 119 Å². The van der Waals surface area contributed by atoms with Crippen molar-refractivity contribution in [3.05, 3.63) is 35.4 Å². The Hall–Kier alpha value is -0.780. The van der Waals surface area contributed by atoms with Gasteiger partial charge in [0.2, 0.25) is 0 Å². The van der Waals surface area contributed by atoms with Crippen molar-refractivity contribution in [1.82, 2.24) is 0 Å². The van der Waals surface area contributed by atoms with Crippen molar-refractivity contribution in [3.8, 4) is 0 Å². The lowest BCUT2D eigenvalue weighted by Crippen LogP contribution is -2.18. The summed E-state index contributed by atoms with van der Waals surface area (Å²) in [5, 5.41) is 0. The second kappa shape index (κ2) is 13.5. The highest BCUT2D eigenvalue weighted by Crippen LogP contribution is 2.33. The Labute approximate surface area is 184 Å². The molecule has 0 fully saturated rings. The first-order chi connectivity index (χ1) is 13.7. The van der Waals surface area contributed by atoms with E-state index in [0.717, 1.165) is 35.5 Å². The maximum Gasteiger partial charge on any atom is -0.0164 e. The zero-order valence-electron chi connectivity index (χ0n) is 21.3. The van der Waals surface area contributed by atoms with Gasteiger partial charge in [-0.1, -0.05) is 99.4 Å². The molecule has 0 saturated heterocycles. The molecule has 0 amide bonds. The molecule has 1 rings (SSSR count). The molecule has 29 heavy (non-hydrogen) atoms. The molecule has 5 unspecified atom stereocenters. The van der Waals surface area contributed by atoms with Crippen molar-refractivity contribution in [2.24, 2.45) is 29.6 Å². The second-order valence-electron chi connectivity index (χ2n) is 10.8. The van der Waals surface area contributed by atoms with Crippen molar-refractivity contribution < 1.29 is 0 Å². The molecule has 0 heteroatoms. The monoisotopic (exact) mass is 400 g/mol. The fraction of sp³-hybridized carbons (Fsp3) is 0.793. The molecule has 0 bridgehead atoms. The first-order valence-corrected chi connectivity index (χ1v) is 12.8. The molecule has 0 aliphatic heterocycles. The van der Waals surface area contributed by atoms with Gasteiger partial charge in [0.25, 0.3) is 0 Å². The summed E-state index contributed by atoms with van der Waals surface area (Å²) < 4.78 is 0. The lowest BCUT2D eigenvalue weighted by atomic mass is 9.78. The second-order valence-corrected chi connectivity index (χ2v) is 10.8. The van der Waals surface area contributed by atoms with Gasteiger partial charge in [0, 0.05) is 0 Å². The van der Waals surface area contributed by atoms with E-state index >= 15 is 0 Å². The predicted molar refractivity (Wildman–Crippen MR) is 133 cm³/mol. The van der Waals surface area contributed by atoms with Gasteiger partial charge in [-0.05, 0) is 84.7 Å². The molecule has 0 aliphatic rings. The van der Waals surface area contributed by atoms with E-state index in [9.17, 15) is 0 Å². The van der Waals surface area contributed by atoms with Crippen LogP contribution in [0.5, 0.6) is 0 Å². The van der Waals surface area contributed by atoms with Crippen LogP contribution < -0.4 is 0 Å². The summed E-state index contributed by atoms with van der Waals surface area (Å²) in [5.74, 6) is 5.56. The Balaban J connectivity index is 2.63. The number of hydrogen-bond acceptors (Lipinski definition) is 0. The number of hydrogen-bond donors (Lipinski definition) is 0. The maximum absolute atomic E-state index is 2.48. The van der Waals surface area contributed by atoms with Gasteiger partial charge in [0.15, 0.2) is 0 Å². The number of rotatable bonds is 14. The van der Waals surface area contributed by atoms with Crippen molar-refractivity contribution >= 4 is 0 Å². The lowest BCUT2D eigenvalue weighted by Gasteiger charge is -2.28. The Morgan fingerprint density at radius 3 is 1.72 bits per heavy atom. The third-order valence-electron chi connectivity index (χ3n) is 7.80. The van der Waals surface area contributed by atoms with Crippen LogP contribution in [0.25, 0.3) is 0 Å². The van der Waals surface area contributed by atoms with E-state index in [1.807, 2.05) is 0 Å². The topological polar surface area (TPSA) is 0 Å². The normalized spacial score (nSPS) is 17.3. The molecule has 5 atom stereocenters. The summed E-state index contributed by atoms with van der Waals surface area (Å²) in [5.41, 5.74) is 3.08. The van der Waals surface area contributed by atoms with Gasteiger partial charge in [0.05, 0.1) is 0 Å². The number of benzene rings is 1. The molecule has 1 aromatic rings. The van der Waals surface area contributed by atoms with Crippen LogP contribution in [0, 0.1) is 29.6 Å². The molecule has 0 heterocycles. The fourth-order valence-corrected chi connectivity index (χ4v) is 4.78. The highest BCUT2D eigenvalue weighted by Gasteiger charge is 2.21. The minimum absolute atomic E-state index is 0.681. The van der Waals surface area contributed by atoms with E-state index in [-0.39, 0.29) is 0 Å². The van der Waals surface area contributed by atoms with E-state index in [0.29, 0.717) is 5.92 Å². The molecule has 0 nitrogen and oxygen atoms in total. The van der Waals surface area contributed by atoms with Crippen LogP contribution in [-0.2, 0) is 0 Å². The molecule has 1 aromatic carbocycles. The van der Waals surface area contributed by atoms with E-state index in [2.05, 4.69) is 86.6 Å². The third-order valence-corrected chi connectivity index (χ3v) is 7.80. The zero-order valence-corrected chi connectivity index (χ0v) is 21.3. The van der Waals surface area contributed by atoms with Gasteiger partial charge in [-0.2, -0.15) is 0 Å². The van der Waals surface area contributed by atoms with Gasteiger partial charge in [-0.3, -0.25) is 0 Å². The average Bonchev–Trinajstić information content (AvgIpc) is 2.70. The average molecular weight is 401 g/mol. The predicted octanol–water partition coefficient (Wildman–Crippen LogP) is 9.84. The van der Waals surface area contributed by atoms with Gasteiger partial charge in [0.1, 0.15) is 0 Å². The standard InChI is InChI=1S/C29H52/c1-10-26(20-24(8)25(9)22(5)6)14-15-27(11-2)29-18-16-28(17-19-29)23(7)13-12-21(3)4/h16-19,21-27H,10-15,20H2,1-9H3. The SMILES string of the molecule is CCC(CCC(CC)c1ccc(C(C)CCC(C)C)cc1)CC(C)C(C)C(C)C. The minimum atomic E-state index is 0.681. The highest BCUT2D eigenvalue weighted by atomic mass is 14.3. The molecular weight excluding hydrogens is 348 g/mol. The van der Waals surface area contributed by atoms with Crippen molar-refractivity contribution in [3.63, 3.8) is 0 Å². The summed E-state index contributed by atoms with van der Waals surface area (Å²) in [7, 11) is 0. The molecule has 0 N–H and O–H groups in total. The fourth-order valence-electron chi connectivity index (χ4n) is 4.78. The zero-order chi connectivity index (χ0) is 22.0. The largest absolute Gasteiger partial charge is 0.0651 e. The molecular formula is C29H52. The molecule has 0 radical (unpaired) electrons. The van der Waals surface area contributed by atoms with Crippen molar-refractivity contribution in [2.75, 3.05) is 0 Å². The quantitative estimate of drug-likeness (QED) is 0.291. The van der Waals surface area contributed by atoms with Gasteiger partial charge >= 0.3 is 0 Å². The van der Waals surface area contributed by atoms with Crippen LogP contribution in [0.4, 0.5) is 0 Å². The Morgan fingerprint density at radius 2 is 1.24 bits per heavy atom. The summed E-state index contributed by atoms with van der Waals surface area (Å²) in [6, 6.07) is 9.68. The summed E-state index contributed by atoms with van der Waals surface area (Å²) >= 11 is 0. The van der Waals surface area contributed by atoms with Crippen LogP contribution in [-0.4, -0.2) is 0 Å². The van der Waals surface area contributed by atoms with Crippen LogP contribution in [0.3, 0.4) is 0 Å². The van der Waals surface area contributed by atoms with Gasteiger partial charge < -0.3 is 0 Å². The summed E-state index contributed by atoms with van der Waals surface area (Å²) in [6.45, 7) is 21.5.